The van der Waals surface area contributed by atoms with Crippen molar-refractivity contribution in [2.45, 2.75) is 45.4 Å². The zero-order valence-electron chi connectivity index (χ0n) is 12.3. The van der Waals surface area contributed by atoms with E-state index in [1.807, 2.05) is 0 Å². The molecule has 2 aliphatic rings. The fraction of sp³-hybridized carbons (Fsp3) is 0.471. The number of Topliss-reactive ketones (excluding diaryl/α,β-unsaturated/α-hetero) is 1. The minimum Gasteiger partial charge on any atom is -0.504 e. The van der Waals surface area contributed by atoms with Gasteiger partial charge < -0.3 is 5.11 Å². The number of rotatable bonds is 3. The lowest BCUT2D eigenvalue weighted by molar-refractivity contribution is -0.115. The molecule has 1 aromatic rings. The Bertz CT molecular complexity index is 698. The molecule has 0 saturated carbocycles. The number of fused-ring (bicyclic) bond motifs is 3. The predicted molar refractivity (Wildman–Crippen MR) is 88.8 cm³/mol. The van der Waals surface area contributed by atoms with E-state index in [1.54, 1.807) is 0 Å². The Kier molecular flexibility index (Phi) is 4.11. The van der Waals surface area contributed by atoms with Crippen LogP contribution in [0.25, 0.3) is 5.57 Å². The monoisotopic (exact) mass is 386 g/mol. The van der Waals surface area contributed by atoms with E-state index in [0.29, 0.717) is 22.9 Å². The van der Waals surface area contributed by atoms with Crippen molar-refractivity contribution in [3.05, 3.63) is 32.5 Å². The largest absolute Gasteiger partial charge is 0.504 e. The fourth-order valence-electron chi connectivity index (χ4n) is 3.80. The molecule has 1 atom stereocenters. The van der Waals surface area contributed by atoms with E-state index in [4.69, 9.17) is 11.6 Å². The van der Waals surface area contributed by atoms with Gasteiger partial charge in [0.1, 0.15) is 0 Å². The number of hydrogen-bond donors (Lipinski definition) is 1. The van der Waals surface area contributed by atoms with Gasteiger partial charge in [-0.15, -0.1) is 0 Å². The maximum atomic E-state index is 14.0. The molecule has 2 nitrogen and oxygen atoms in total. The average molecular weight is 388 g/mol. The maximum Gasteiger partial charge on any atom is 0.171 e. The molecule has 22 heavy (non-hydrogen) atoms. The quantitative estimate of drug-likeness (QED) is 0.755. The molecule has 118 valence electrons. The van der Waals surface area contributed by atoms with Gasteiger partial charge in [0.05, 0.1) is 9.51 Å². The summed E-state index contributed by atoms with van der Waals surface area (Å²) in [7, 11) is 0. The number of phenolic OH excluding ortho intramolecular Hbond substituents is 1. The molecule has 0 bridgehead atoms. The highest BCUT2D eigenvalue weighted by Gasteiger charge is 2.48. The second-order valence-electron chi connectivity index (χ2n) is 6.22. The van der Waals surface area contributed by atoms with Gasteiger partial charge in [-0.2, -0.15) is 0 Å². The number of aromatic hydroxyl groups is 1. The minimum atomic E-state index is -0.734. The number of unbranched alkanes of at least 4 members (excludes halogenated alkanes) is 1. The molecule has 0 amide bonds. The van der Waals surface area contributed by atoms with Crippen molar-refractivity contribution in [2.24, 2.45) is 5.41 Å². The molecule has 0 heterocycles. The Morgan fingerprint density at radius 3 is 2.91 bits per heavy atom. The SMILES string of the molecule is CCCCC12CCc3c(cc(F)c(O)c3Cl)C1=C(Br)C(=O)C2. The molecule has 0 spiro atoms. The lowest BCUT2D eigenvalue weighted by Crippen LogP contribution is -2.26. The Hall–Kier alpha value is -0.870. The summed E-state index contributed by atoms with van der Waals surface area (Å²) in [5.41, 5.74) is 2.09. The summed E-state index contributed by atoms with van der Waals surface area (Å²) in [6, 6.07) is 1.32. The summed E-state index contributed by atoms with van der Waals surface area (Å²) in [6.45, 7) is 2.12. The van der Waals surface area contributed by atoms with Gasteiger partial charge in [-0.25, -0.2) is 4.39 Å². The molecule has 5 heteroatoms. The molecule has 0 saturated heterocycles. The summed E-state index contributed by atoms with van der Waals surface area (Å²) in [5, 5.41) is 9.80. The summed E-state index contributed by atoms with van der Waals surface area (Å²) < 4.78 is 14.5. The molecule has 0 fully saturated rings. The van der Waals surface area contributed by atoms with E-state index in [9.17, 15) is 14.3 Å². The lowest BCUT2D eigenvalue weighted by Gasteiger charge is -2.37. The third-order valence-corrected chi connectivity index (χ3v) is 6.17. The molecule has 1 unspecified atom stereocenters. The number of phenols is 1. The normalized spacial score (nSPS) is 23.7. The van der Waals surface area contributed by atoms with Crippen LogP contribution in [0, 0.1) is 11.2 Å². The second kappa shape index (κ2) is 5.64. The third-order valence-electron chi connectivity index (χ3n) is 4.92. The zero-order chi connectivity index (χ0) is 16.1. The van der Waals surface area contributed by atoms with Gasteiger partial charge in [-0.3, -0.25) is 4.79 Å². The van der Waals surface area contributed by atoms with Crippen LogP contribution < -0.4 is 0 Å². The summed E-state index contributed by atoms with van der Waals surface area (Å²) >= 11 is 9.54. The smallest absolute Gasteiger partial charge is 0.171 e. The Morgan fingerprint density at radius 2 is 2.23 bits per heavy atom. The predicted octanol–water partition coefficient (Wildman–Crippen LogP) is 5.39. The van der Waals surface area contributed by atoms with Crippen molar-refractivity contribution in [3.63, 3.8) is 0 Å². The van der Waals surface area contributed by atoms with E-state index in [-0.39, 0.29) is 16.2 Å². The number of halogens is 3. The van der Waals surface area contributed by atoms with Crippen LogP contribution in [-0.2, 0) is 11.2 Å². The van der Waals surface area contributed by atoms with Crippen molar-refractivity contribution >= 4 is 38.9 Å². The molecule has 0 radical (unpaired) electrons. The standard InChI is InChI=1S/C17H17BrClFO2/c1-2-3-5-17-6-4-9-10(7-11(20)16(22)15(9)19)13(17)14(18)12(21)8-17/h7,22H,2-6,8H2,1H3. The molecule has 1 N–H and O–H groups in total. The maximum absolute atomic E-state index is 14.0. The number of carbonyl (C=O) groups is 1. The molecule has 0 aliphatic heterocycles. The third kappa shape index (κ3) is 2.23. The zero-order valence-corrected chi connectivity index (χ0v) is 14.7. The van der Waals surface area contributed by atoms with Gasteiger partial charge in [0.15, 0.2) is 17.3 Å². The van der Waals surface area contributed by atoms with Crippen molar-refractivity contribution in [1.82, 2.24) is 0 Å². The highest BCUT2D eigenvalue weighted by molar-refractivity contribution is 9.12. The van der Waals surface area contributed by atoms with Crippen LogP contribution in [0.4, 0.5) is 4.39 Å². The van der Waals surface area contributed by atoms with E-state index >= 15 is 0 Å². The van der Waals surface area contributed by atoms with Crippen LogP contribution in [0.1, 0.15) is 50.2 Å². The molecule has 0 aromatic heterocycles. The van der Waals surface area contributed by atoms with E-state index in [1.165, 1.54) is 6.07 Å². The van der Waals surface area contributed by atoms with Crippen LogP contribution in [0.5, 0.6) is 5.75 Å². The van der Waals surface area contributed by atoms with Gasteiger partial charge >= 0.3 is 0 Å². The fourth-order valence-corrected chi connectivity index (χ4v) is 4.86. The van der Waals surface area contributed by atoms with Gasteiger partial charge in [0.25, 0.3) is 0 Å². The Balaban J connectivity index is 2.21. The van der Waals surface area contributed by atoms with Gasteiger partial charge in [-0.1, -0.05) is 31.4 Å². The van der Waals surface area contributed by atoms with Crippen molar-refractivity contribution in [3.8, 4) is 5.75 Å². The van der Waals surface area contributed by atoms with Gasteiger partial charge in [0, 0.05) is 11.8 Å². The van der Waals surface area contributed by atoms with E-state index in [0.717, 1.165) is 36.8 Å². The highest BCUT2D eigenvalue weighted by atomic mass is 79.9. The Labute approximate surface area is 142 Å². The average Bonchev–Trinajstić information content (AvgIpc) is 2.75. The van der Waals surface area contributed by atoms with Crippen molar-refractivity contribution in [2.75, 3.05) is 0 Å². The van der Waals surface area contributed by atoms with E-state index in [2.05, 4.69) is 22.9 Å². The van der Waals surface area contributed by atoms with Crippen LogP contribution in [0.15, 0.2) is 10.5 Å². The lowest BCUT2D eigenvalue weighted by atomic mass is 9.66. The summed E-state index contributed by atoms with van der Waals surface area (Å²) in [4.78, 5) is 12.3. The minimum absolute atomic E-state index is 0.0727. The number of carbonyl (C=O) groups excluding carboxylic acids is 1. The molecular weight excluding hydrogens is 371 g/mol. The summed E-state index contributed by atoms with van der Waals surface area (Å²) in [5.74, 6) is -1.16. The number of benzene rings is 1. The first-order chi connectivity index (χ1) is 10.4. The number of hydrogen-bond acceptors (Lipinski definition) is 2. The van der Waals surface area contributed by atoms with Crippen LogP contribution in [0.2, 0.25) is 5.02 Å². The van der Waals surface area contributed by atoms with Gasteiger partial charge in [-0.05, 0) is 58.0 Å². The van der Waals surface area contributed by atoms with Crippen LogP contribution in [-0.4, -0.2) is 10.9 Å². The first-order valence-corrected chi connectivity index (χ1v) is 8.72. The Morgan fingerprint density at radius 1 is 1.50 bits per heavy atom. The topological polar surface area (TPSA) is 37.3 Å². The number of ketones is 1. The molecule has 3 rings (SSSR count). The molecule has 2 aliphatic carbocycles. The van der Waals surface area contributed by atoms with Crippen molar-refractivity contribution < 1.29 is 14.3 Å². The van der Waals surface area contributed by atoms with Gasteiger partial charge in [0.2, 0.25) is 0 Å². The first kappa shape index (κ1) is 16.0. The number of allylic oxidation sites excluding steroid dienone is 2. The van der Waals surface area contributed by atoms with Crippen LogP contribution in [0.3, 0.4) is 0 Å². The summed E-state index contributed by atoms with van der Waals surface area (Å²) in [6.07, 6.45) is 4.94. The second-order valence-corrected chi connectivity index (χ2v) is 7.39. The van der Waals surface area contributed by atoms with Crippen molar-refractivity contribution in [1.29, 1.82) is 0 Å². The molecule has 1 aromatic carbocycles. The van der Waals surface area contributed by atoms with E-state index < -0.39 is 11.6 Å². The first-order valence-electron chi connectivity index (χ1n) is 7.55. The molecular formula is C17H17BrClFO2. The highest BCUT2D eigenvalue weighted by Crippen LogP contribution is 2.58. The van der Waals surface area contributed by atoms with Crippen LogP contribution >= 0.6 is 27.5 Å².